The van der Waals surface area contributed by atoms with Gasteiger partial charge in [0.1, 0.15) is 11.4 Å². The molecule has 0 aliphatic heterocycles. The van der Waals surface area contributed by atoms with Crippen LogP contribution in [0.5, 0.6) is 0 Å². The van der Waals surface area contributed by atoms with Gasteiger partial charge >= 0.3 is 5.97 Å². The molecule has 1 aromatic carbocycles. The lowest BCUT2D eigenvalue weighted by atomic mass is 9.87. The minimum atomic E-state index is -1.28. The number of aliphatic carboxylic acids is 1. The van der Waals surface area contributed by atoms with E-state index in [-0.39, 0.29) is 0 Å². The fourth-order valence-corrected chi connectivity index (χ4v) is 1.90. The topological polar surface area (TPSA) is 58.6 Å². The molecule has 4 nitrogen and oxygen atoms in total. The molecular weight excluding hydrogens is 237 g/mol. The molecule has 1 atom stereocenters. The Hall–Kier alpha value is -1.46. The third-order valence-corrected chi connectivity index (χ3v) is 2.95. The number of carbonyl (C=O) groups is 1. The van der Waals surface area contributed by atoms with E-state index in [2.05, 4.69) is 5.32 Å². The predicted molar refractivity (Wildman–Crippen MR) is 65.9 cm³/mol. The van der Waals surface area contributed by atoms with Gasteiger partial charge in [-0.1, -0.05) is 19.1 Å². The Kier molecular flexibility index (Phi) is 5.25. The number of carboxylic acid groups (broad SMARTS) is 1. The first-order valence-electron chi connectivity index (χ1n) is 5.80. The van der Waals surface area contributed by atoms with E-state index in [0.29, 0.717) is 25.1 Å². The van der Waals surface area contributed by atoms with Gasteiger partial charge < -0.3 is 9.84 Å². The number of nitrogens with one attached hydrogen (secondary N) is 1. The van der Waals surface area contributed by atoms with Crippen molar-refractivity contribution in [2.75, 3.05) is 20.3 Å². The van der Waals surface area contributed by atoms with Crippen molar-refractivity contribution in [2.45, 2.75) is 18.9 Å². The molecule has 1 rings (SSSR count). The highest BCUT2D eigenvalue weighted by Gasteiger charge is 2.38. The Morgan fingerprint density at radius 1 is 1.56 bits per heavy atom. The molecule has 100 valence electrons. The van der Waals surface area contributed by atoms with Crippen molar-refractivity contribution in [1.82, 2.24) is 5.32 Å². The summed E-state index contributed by atoms with van der Waals surface area (Å²) in [6.07, 6.45) is 0.315. The van der Waals surface area contributed by atoms with Crippen molar-refractivity contribution < 1.29 is 19.0 Å². The van der Waals surface area contributed by atoms with Crippen LogP contribution in [0.4, 0.5) is 4.39 Å². The zero-order valence-electron chi connectivity index (χ0n) is 10.6. The highest BCUT2D eigenvalue weighted by Crippen LogP contribution is 2.26. The Balaban J connectivity index is 3.06. The van der Waals surface area contributed by atoms with Gasteiger partial charge in [0.2, 0.25) is 0 Å². The summed E-state index contributed by atoms with van der Waals surface area (Å²) in [6, 6.07) is 5.66. The summed E-state index contributed by atoms with van der Waals surface area (Å²) in [5.74, 6) is -1.47. The lowest BCUT2D eigenvalue weighted by Gasteiger charge is -2.30. The lowest BCUT2D eigenvalue weighted by Crippen LogP contribution is -2.50. The largest absolute Gasteiger partial charge is 0.480 e. The Morgan fingerprint density at radius 3 is 2.78 bits per heavy atom. The molecule has 0 aromatic heterocycles. The molecule has 2 N–H and O–H groups in total. The molecule has 5 heteroatoms. The van der Waals surface area contributed by atoms with Crippen LogP contribution in [0, 0.1) is 5.82 Å². The van der Waals surface area contributed by atoms with Gasteiger partial charge in [-0.15, -0.1) is 0 Å². The third-order valence-electron chi connectivity index (χ3n) is 2.95. The monoisotopic (exact) mass is 255 g/mol. The second-order valence-electron chi connectivity index (χ2n) is 3.99. The Bertz CT molecular complexity index is 411. The zero-order valence-corrected chi connectivity index (χ0v) is 10.6. The van der Waals surface area contributed by atoms with Gasteiger partial charge in [0.05, 0.1) is 6.61 Å². The first-order valence-corrected chi connectivity index (χ1v) is 5.80. The molecule has 0 saturated carbocycles. The molecule has 0 aliphatic carbocycles. The van der Waals surface area contributed by atoms with Crippen LogP contribution in [0.25, 0.3) is 0 Å². The second kappa shape index (κ2) is 6.47. The van der Waals surface area contributed by atoms with Crippen LogP contribution in [0.15, 0.2) is 24.3 Å². The van der Waals surface area contributed by atoms with Crippen LogP contribution >= 0.6 is 0 Å². The average molecular weight is 255 g/mol. The number of hydrogen-bond acceptors (Lipinski definition) is 3. The molecule has 0 amide bonds. The Morgan fingerprint density at radius 2 is 2.28 bits per heavy atom. The molecule has 1 aromatic rings. The van der Waals surface area contributed by atoms with Crippen molar-refractivity contribution in [3.05, 3.63) is 35.6 Å². The van der Waals surface area contributed by atoms with Gasteiger partial charge in [-0.2, -0.15) is 0 Å². The molecular formula is C13H18FNO3. The van der Waals surface area contributed by atoms with Gasteiger partial charge in [-0.05, 0) is 24.1 Å². The lowest BCUT2D eigenvalue weighted by molar-refractivity contribution is -0.145. The van der Waals surface area contributed by atoms with Gasteiger partial charge in [0.15, 0.2) is 0 Å². The standard InChI is InChI=1S/C13H18FNO3/c1-3-13(12(16)17,15-7-8-18-2)10-5-4-6-11(14)9-10/h4-6,9,15H,3,7-8H2,1-2H3,(H,16,17). The average Bonchev–Trinajstić information content (AvgIpc) is 2.34. The van der Waals surface area contributed by atoms with Crippen molar-refractivity contribution in [1.29, 1.82) is 0 Å². The zero-order chi connectivity index (χ0) is 13.6. The van der Waals surface area contributed by atoms with Crippen LogP contribution in [0.3, 0.4) is 0 Å². The summed E-state index contributed by atoms with van der Waals surface area (Å²) in [7, 11) is 1.54. The highest BCUT2D eigenvalue weighted by molar-refractivity contribution is 5.80. The molecule has 1 unspecified atom stereocenters. The maximum absolute atomic E-state index is 13.2. The molecule has 0 radical (unpaired) electrons. The molecule has 0 spiro atoms. The van der Waals surface area contributed by atoms with Crippen molar-refractivity contribution in [2.24, 2.45) is 0 Å². The van der Waals surface area contributed by atoms with E-state index in [0.717, 1.165) is 0 Å². The highest BCUT2D eigenvalue weighted by atomic mass is 19.1. The van der Waals surface area contributed by atoms with E-state index >= 15 is 0 Å². The summed E-state index contributed by atoms with van der Waals surface area (Å²) >= 11 is 0. The molecule has 0 fully saturated rings. The number of methoxy groups -OCH3 is 1. The fourth-order valence-electron chi connectivity index (χ4n) is 1.90. The summed E-state index contributed by atoms with van der Waals surface area (Å²) in [4.78, 5) is 11.5. The second-order valence-corrected chi connectivity index (χ2v) is 3.99. The molecule has 0 bridgehead atoms. The van der Waals surface area contributed by atoms with Gasteiger partial charge in [-0.3, -0.25) is 5.32 Å². The quantitative estimate of drug-likeness (QED) is 0.729. The molecule has 18 heavy (non-hydrogen) atoms. The van der Waals surface area contributed by atoms with Crippen LogP contribution in [0.2, 0.25) is 0 Å². The first-order chi connectivity index (χ1) is 8.56. The van der Waals surface area contributed by atoms with Crippen LogP contribution < -0.4 is 5.32 Å². The van der Waals surface area contributed by atoms with Crippen LogP contribution in [-0.4, -0.2) is 31.3 Å². The molecule has 0 aliphatic rings. The fraction of sp³-hybridized carbons (Fsp3) is 0.462. The summed E-state index contributed by atoms with van der Waals surface area (Å²) in [6.45, 7) is 2.52. The summed E-state index contributed by atoms with van der Waals surface area (Å²) in [5, 5.41) is 12.4. The van der Waals surface area contributed by atoms with E-state index in [1.807, 2.05) is 0 Å². The number of rotatable bonds is 7. The van der Waals surface area contributed by atoms with E-state index < -0.39 is 17.3 Å². The van der Waals surface area contributed by atoms with Crippen molar-refractivity contribution in [3.8, 4) is 0 Å². The maximum Gasteiger partial charge on any atom is 0.328 e. The SMILES string of the molecule is CCC(NCCOC)(C(=O)O)c1cccc(F)c1. The van der Waals surface area contributed by atoms with E-state index in [1.54, 1.807) is 13.0 Å². The molecule has 0 saturated heterocycles. The number of carboxylic acids is 1. The molecule has 0 heterocycles. The third kappa shape index (κ3) is 3.05. The van der Waals surface area contributed by atoms with Gasteiger partial charge in [0.25, 0.3) is 0 Å². The minimum Gasteiger partial charge on any atom is -0.480 e. The van der Waals surface area contributed by atoms with E-state index in [4.69, 9.17) is 4.74 Å². The minimum absolute atomic E-state index is 0.315. The smallest absolute Gasteiger partial charge is 0.328 e. The van der Waals surface area contributed by atoms with Gasteiger partial charge in [-0.25, -0.2) is 9.18 Å². The van der Waals surface area contributed by atoms with Crippen molar-refractivity contribution >= 4 is 5.97 Å². The summed E-state index contributed by atoms with van der Waals surface area (Å²) in [5.41, 5.74) is -0.866. The van der Waals surface area contributed by atoms with E-state index in [9.17, 15) is 14.3 Å². The number of ether oxygens (including phenoxy) is 1. The first kappa shape index (κ1) is 14.6. The normalized spacial score (nSPS) is 14.2. The van der Waals surface area contributed by atoms with E-state index in [1.165, 1.54) is 25.3 Å². The van der Waals surface area contributed by atoms with Gasteiger partial charge in [0, 0.05) is 13.7 Å². The summed E-state index contributed by atoms with van der Waals surface area (Å²) < 4.78 is 18.1. The number of halogens is 1. The predicted octanol–water partition coefficient (Wildman–Crippen LogP) is 1.75. The maximum atomic E-state index is 13.2. The number of hydrogen-bond donors (Lipinski definition) is 2. The number of benzene rings is 1. The Labute approximate surface area is 106 Å². The van der Waals surface area contributed by atoms with Crippen molar-refractivity contribution in [3.63, 3.8) is 0 Å². The van der Waals surface area contributed by atoms with Crippen LogP contribution in [-0.2, 0) is 15.1 Å². The van der Waals surface area contributed by atoms with Crippen LogP contribution in [0.1, 0.15) is 18.9 Å².